The lowest BCUT2D eigenvalue weighted by molar-refractivity contribution is -0.151. The molecule has 24 heavy (non-hydrogen) atoms. The molecule has 2 aliphatic rings. The van der Waals surface area contributed by atoms with Crippen LogP contribution in [0.5, 0.6) is 0 Å². The number of nitrogens with zero attached hydrogens (tertiary/aromatic N) is 1. The average molecular weight is 327 g/mol. The van der Waals surface area contributed by atoms with E-state index in [0.29, 0.717) is 18.4 Å². The molecule has 0 aromatic heterocycles. The summed E-state index contributed by atoms with van der Waals surface area (Å²) in [5.74, 6) is -0.256. The Morgan fingerprint density at radius 1 is 1.17 bits per heavy atom. The minimum atomic E-state index is -0.811. The molecular weight excluding hydrogens is 302 g/mol. The molecule has 0 radical (unpaired) electrons. The molecule has 0 spiro atoms. The summed E-state index contributed by atoms with van der Waals surface area (Å²) in [5.41, 5.74) is 5.28. The molecule has 1 aromatic rings. The zero-order valence-electron chi connectivity index (χ0n) is 15.3. The van der Waals surface area contributed by atoms with Gasteiger partial charge in [-0.3, -0.25) is 9.59 Å². The number of rotatable bonds is 1. The molecule has 0 N–H and O–H groups in total. The van der Waals surface area contributed by atoms with Crippen LogP contribution in [0.15, 0.2) is 23.3 Å². The van der Waals surface area contributed by atoms with Gasteiger partial charge in [0.15, 0.2) is 0 Å². The lowest BCUT2D eigenvalue weighted by Gasteiger charge is -2.50. The smallest absolute Gasteiger partial charge is 0.318 e. The minimum absolute atomic E-state index is 0.00928. The minimum Gasteiger partial charge on any atom is -0.468 e. The van der Waals surface area contributed by atoms with E-state index in [0.717, 1.165) is 16.7 Å². The van der Waals surface area contributed by atoms with E-state index in [1.54, 1.807) is 11.9 Å². The van der Waals surface area contributed by atoms with Crippen molar-refractivity contribution in [1.29, 1.82) is 0 Å². The van der Waals surface area contributed by atoms with E-state index in [4.69, 9.17) is 4.74 Å². The van der Waals surface area contributed by atoms with Crippen LogP contribution >= 0.6 is 0 Å². The lowest BCUT2D eigenvalue weighted by atomic mass is 9.61. The second-order valence-electron chi connectivity index (χ2n) is 7.32. The van der Waals surface area contributed by atoms with Gasteiger partial charge in [0.1, 0.15) is 5.41 Å². The van der Waals surface area contributed by atoms with Gasteiger partial charge in [0.25, 0.3) is 5.91 Å². The van der Waals surface area contributed by atoms with Crippen molar-refractivity contribution in [3.63, 3.8) is 0 Å². The first-order chi connectivity index (χ1) is 11.2. The number of benzene rings is 1. The fourth-order valence-corrected chi connectivity index (χ4v) is 4.26. The highest BCUT2D eigenvalue weighted by atomic mass is 16.5. The third kappa shape index (κ3) is 2.05. The van der Waals surface area contributed by atoms with Crippen LogP contribution in [0.1, 0.15) is 53.7 Å². The Morgan fingerprint density at radius 3 is 2.42 bits per heavy atom. The van der Waals surface area contributed by atoms with Crippen molar-refractivity contribution >= 4 is 11.9 Å². The van der Waals surface area contributed by atoms with E-state index in [1.165, 1.54) is 18.3 Å². The maximum atomic E-state index is 13.0. The molecule has 1 amide bonds. The Labute approximate surface area is 143 Å². The highest BCUT2D eigenvalue weighted by Gasteiger charge is 2.57. The van der Waals surface area contributed by atoms with Crippen molar-refractivity contribution in [3.8, 4) is 0 Å². The number of esters is 1. The molecule has 0 unspecified atom stereocenters. The molecule has 3 rings (SSSR count). The summed E-state index contributed by atoms with van der Waals surface area (Å²) < 4.78 is 5.24. The van der Waals surface area contributed by atoms with E-state index in [2.05, 4.69) is 13.8 Å². The molecule has 4 heteroatoms. The third-order valence-electron chi connectivity index (χ3n) is 6.02. The number of aryl methyl sites for hydroxylation is 2. The van der Waals surface area contributed by atoms with Gasteiger partial charge in [-0.1, -0.05) is 17.2 Å². The van der Waals surface area contributed by atoms with Crippen molar-refractivity contribution in [3.05, 3.63) is 45.5 Å². The number of methoxy groups -OCH3 is 1. The Bertz CT molecular complexity index is 777. The van der Waals surface area contributed by atoms with Crippen molar-refractivity contribution in [2.24, 2.45) is 0 Å². The zero-order valence-corrected chi connectivity index (χ0v) is 15.3. The SMILES string of the molecule is COC(=O)[C@@]12CC(C)=C(C)C[C@@H]1N(C)C(=O)c1cc(C)c(C)cc12. The van der Waals surface area contributed by atoms with Gasteiger partial charge in [0.05, 0.1) is 13.2 Å². The summed E-state index contributed by atoms with van der Waals surface area (Å²) in [5, 5.41) is 0. The number of carbonyl (C=O) groups is 2. The molecule has 1 aliphatic heterocycles. The van der Waals surface area contributed by atoms with Gasteiger partial charge in [0.2, 0.25) is 0 Å². The Morgan fingerprint density at radius 2 is 1.79 bits per heavy atom. The first-order valence-corrected chi connectivity index (χ1v) is 8.36. The van der Waals surface area contributed by atoms with Crippen LogP contribution < -0.4 is 0 Å². The largest absolute Gasteiger partial charge is 0.468 e. The first-order valence-electron chi connectivity index (χ1n) is 8.36. The lowest BCUT2D eigenvalue weighted by Crippen LogP contribution is -2.61. The van der Waals surface area contributed by atoms with Gasteiger partial charge in [-0.15, -0.1) is 0 Å². The van der Waals surface area contributed by atoms with Crippen LogP contribution in [0.25, 0.3) is 0 Å². The highest BCUT2D eigenvalue weighted by molar-refractivity contribution is 6.02. The summed E-state index contributed by atoms with van der Waals surface area (Å²) in [4.78, 5) is 27.7. The van der Waals surface area contributed by atoms with E-state index >= 15 is 0 Å². The number of hydrogen-bond donors (Lipinski definition) is 0. The predicted octanol–water partition coefficient (Wildman–Crippen LogP) is 3.30. The van der Waals surface area contributed by atoms with Crippen LogP contribution in [0.2, 0.25) is 0 Å². The fraction of sp³-hybridized carbons (Fsp3) is 0.500. The van der Waals surface area contributed by atoms with Gasteiger partial charge in [-0.2, -0.15) is 0 Å². The Kier molecular flexibility index (Phi) is 3.82. The summed E-state index contributed by atoms with van der Waals surface area (Å²) in [6.45, 7) is 8.18. The maximum absolute atomic E-state index is 13.0. The van der Waals surface area contributed by atoms with Gasteiger partial charge >= 0.3 is 5.97 Å². The predicted molar refractivity (Wildman–Crippen MR) is 93.1 cm³/mol. The van der Waals surface area contributed by atoms with Gasteiger partial charge in [-0.25, -0.2) is 0 Å². The molecule has 0 saturated carbocycles. The zero-order chi connectivity index (χ0) is 17.8. The number of amides is 1. The number of hydrogen-bond acceptors (Lipinski definition) is 3. The average Bonchev–Trinajstić information content (AvgIpc) is 2.55. The standard InChI is InChI=1S/C20H25NO3/c1-11-7-15-16(8-12(11)2)20(19(23)24-6)10-14(4)13(3)9-17(20)21(5)18(15)22/h7-8,17H,9-10H2,1-6H3/t17-,20+/m0/s1. The number of carbonyl (C=O) groups excluding carboxylic acids is 2. The number of likely N-dealkylation sites (N-methyl/N-ethyl adjacent to an activating group) is 1. The number of ether oxygens (including phenoxy) is 1. The van der Waals surface area contributed by atoms with Crippen LogP contribution in [0.4, 0.5) is 0 Å². The number of allylic oxidation sites excluding steroid dienone is 1. The first kappa shape index (κ1) is 16.7. The van der Waals surface area contributed by atoms with Crippen LogP contribution in [-0.4, -0.2) is 37.0 Å². The van der Waals surface area contributed by atoms with Crippen molar-refractivity contribution in [1.82, 2.24) is 4.90 Å². The second-order valence-corrected chi connectivity index (χ2v) is 7.32. The van der Waals surface area contributed by atoms with Crippen LogP contribution in [0.3, 0.4) is 0 Å². The van der Waals surface area contributed by atoms with Crippen LogP contribution in [0, 0.1) is 13.8 Å². The molecular formula is C20H25NO3. The summed E-state index contributed by atoms with van der Waals surface area (Å²) >= 11 is 0. The van der Waals surface area contributed by atoms with Crippen LogP contribution in [-0.2, 0) is 14.9 Å². The Balaban J connectivity index is 2.37. The number of fused-ring (bicyclic) bond motifs is 3. The molecule has 0 saturated heterocycles. The van der Waals surface area contributed by atoms with Gasteiger partial charge < -0.3 is 9.64 Å². The topological polar surface area (TPSA) is 46.6 Å². The van der Waals surface area contributed by atoms with E-state index in [1.807, 2.05) is 26.0 Å². The monoisotopic (exact) mass is 327 g/mol. The highest BCUT2D eigenvalue weighted by Crippen LogP contribution is 2.49. The summed E-state index contributed by atoms with van der Waals surface area (Å²) in [6, 6.07) is 3.74. The van der Waals surface area contributed by atoms with E-state index in [9.17, 15) is 9.59 Å². The third-order valence-corrected chi connectivity index (χ3v) is 6.02. The molecule has 4 nitrogen and oxygen atoms in total. The normalized spacial score (nSPS) is 26.2. The molecule has 2 atom stereocenters. The fourth-order valence-electron chi connectivity index (χ4n) is 4.26. The van der Waals surface area contributed by atoms with Gasteiger partial charge in [-0.05, 0) is 63.3 Å². The Hall–Kier alpha value is -2.10. The van der Waals surface area contributed by atoms with Crippen molar-refractivity contribution < 1.29 is 14.3 Å². The summed E-state index contributed by atoms with van der Waals surface area (Å²) in [7, 11) is 3.24. The van der Waals surface area contributed by atoms with Gasteiger partial charge in [0, 0.05) is 12.6 Å². The quantitative estimate of drug-likeness (QED) is 0.587. The summed E-state index contributed by atoms with van der Waals surface area (Å²) in [6.07, 6.45) is 1.30. The molecule has 128 valence electrons. The molecule has 0 bridgehead atoms. The van der Waals surface area contributed by atoms with Crippen molar-refractivity contribution in [2.75, 3.05) is 14.2 Å². The molecule has 1 heterocycles. The molecule has 0 fully saturated rings. The maximum Gasteiger partial charge on any atom is 0.318 e. The molecule has 1 aromatic carbocycles. The van der Waals surface area contributed by atoms with E-state index in [-0.39, 0.29) is 17.9 Å². The van der Waals surface area contributed by atoms with Crippen molar-refractivity contribution in [2.45, 2.75) is 52.0 Å². The van der Waals surface area contributed by atoms with E-state index < -0.39 is 5.41 Å². The second kappa shape index (κ2) is 5.47. The molecule has 1 aliphatic carbocycles.